The molecule has 1 aliphatic carbocycles. The molecule has 1 aromatic carbocycles. The Kier molecular flexibility index (Phi) is 5.64. The van der Waals surface area contributed by atoms with E-state index in [9.17, 15) is 22.4 Å². The van der Waals surface area contributed by atoms with Gasteiger partial charge >= 0.3 is 12.1 Å². The van der Waals surface area contributed by atoms with Crippen molar-refractivity contribution >= 4 is 5.97 Å². The van der Waals surface area contributed by atoms with Crippen LogP contribution in [0.4, 0.5) is 17.6 Å². The first-order valence-corrected chi connectivity index (χ1v) is 8.29. The van der Waals surface area contributed by atoms with Crippen LogP contribution in [0.25, 0.3) is 0 Å². The molecule has 1 aliphatic rings. The molecule has 142 valence electrons. The van der Waals surface area contributed by atoms with Crippen LogP contribution in [0.3, 0.4) is 0 Å². The Labute approximate surface area is 150 Å². The molecule has 0 spiro atoms. The van der Waals surface area contributed by atoms with E-state index in [2.05, 4.69) is 6.58 Å². The van der Waals surface area contributed by atoms with Crippen LogP contribution in [0.5, 0.6) is 0 Å². The van der Waals surface area contributed by atoms with Crippen molar-refractivity contribution in [3.8, 4) is 0 Å². The highest BCUT2D eigenvalue weighted by molar-refractivity contribution is 5.78. The average Bonchev–Trinajstić information content (AvgIpc) is 3.06. The number of carbonyl (C=O) groups is 1. The monoisotopic (exact) mass is 370 g/mol. The Balaban J connectivity index is 2.01. The van der Waals surface area contributed by atoms with Crippen molar-refractivity contribution in [3.63, 3.8) is 0 Å². The topological polar surface area (TPSA) is 26.3 Å². The molecule has 26 heavy (non-hydrogen) atoms. The fourth-order valence-corrected chi connectivity index (χ4v) is 3.14. The number of benzene rings is 1. The molecular formula is C20H22F4O2. The van der Waals surface area contributed by atoms with Gasteiger partial charge in [0.25, 0.3) is 0 Å². The summed E-state index contributed by atoms with van der Waals surface area (Å²) < 4.78 is 55.5. The molecule has 6 heteroatoms. The molecule has 0 aliphatic heterocycles. The third-order valence-electron chi connectivity index (χ3n) is 4.92. The van der Waals surface area contributed by atoms with Crippen LogP contribution in [-0.4, -0.2) is 12.1 Å². The van der Waals surface area contributed by atoms with Crippen LogP contribution in [0.1, 0.15) is 30.5 Å². The van der Waals surface area contributed by atoms with Crippen LogP contribution >= 0.6 is 0 Å². The number of hydrogen-bond acceptors (Lipinski definition) is 2. The summed E-state index contributed by atoms with van der Waals surface area (Å²) in [6.45, 7) is 8.85. The van der Waals surface area contributed by atoms with E-state index in [1.807, 2.05) is 25.1 Å². The Morgan fingerprint density at radius 3 is 2.54 bits per heavy atom. The van der Waals surface area contributed by atoms with Crippen molar-refractivity contribution in [1.82, 2.24) is 0 Å². The number of ether oxygens (including phenoxy) is 1. The molecule has 0 heterocycles. The van der Waals surface area contributed by atoms with E-state index in [-0.39, 0.29) is 6.61 Å². The fraction of sp³-hybridized carbons (Fsp3) is 0.450. The van der Waals surface area contributed by atoms with Gasteiger partial charge in [0.15, 0.2) is 5.83 Å². The van der Waals surface area contributed by atoms with Gasteiger partial charge in [0.2, 0.25) is 0 Å². The average molecular weight is 370 g/mol. The van der Waals surface area contributed by atoms with E-state index < -0.39 is 35.2 Å². The third-order valence-corrected chi connectivity index (χ3v) is 4.92. The van der Waals surface area contributed by atoms with Gasteiger partial charge in [-0.25, -0.2) is 4.39 Å². The maximum atomic E-state index is 13.2. The van der Waals surface area contributed by atoms with Crippen molar-refractivity contribution in [3.05, 3.63) is 59.4 Å². The molecule has 0 bridgehead atoms. The predicted molar refractivity (Wildman–Crippen MR) is 90.9 cm³/mol. The number of halogens is 4. The van der Waals surface area contributed by atoms with Crippen molar-refractivity contribution < 1.29 is 27.1 Å². The second-order valence-electron chi connectivity index (χ2n) is 7.20. The number of rotatable bonds is 6. The number of alkyl halides is 3. The lowest BCUT2D eigenvalue weighted by molar-refractivity contribution is -0.147. The lowest BCUT2D eigenvalue weighted by atomic mass is 10.0. The van der Waals surface area contributed by atoms with Gasteiger partial charge < -0.3 is 4.74 Å². The zero-order valence-corrected chi connectivity index (χ0v) is 15.0. The van der Waals surface area contributed by atoms with E-state index in [4.69, 9.17) is 4.74 Å². The van der Waals surface area contributed by atoms with E-state index in [0.717, 1.165) is 23.1 Å². The maximum Gasteiger partial charge on any atom is 0.442 e. The summed E-state index contributed by atoms with van der Waals surface area (Å²) >= 11 is 0. The van der Waals surface area contributed by atoms with Crippen LogP contribution in [0.2, 0.25) is 0 Å². The molecule has 2 rings (SSSR count). The van der Waals surface area contributed by atoms with Crippen molar-refractivity contribution in [1.29, 1.82) is 0 Å². The van der Waals surface area contributed by atoms with Crippen LogP contribution < -0.4 is 0 Å². The molecule has 1 fully saturated rings. The highest BCUT2D eigenvalue weighted by Crippen LogP contribution is 2.60. The van der Waals surface area contributed by atoms with Crippen molar-refractivity contribution in [2.45, 2.75) is 40.0 Å². The second-order valence-corrected chi connectivity index (χ2v) is 7.20. The lowest BCUT2D eigenvalue weighted by Gasteiger charge is -2.09. The lowest BCUT2D eigenvalue weighted by Crippen LogP contribution is -2.11. The van der Waals surface area contributed by atoms with Crippen LogP contribution in [0.15, 0.2) is 42.8 Å². The minimum absolute atomic E-state index is 0.0316. The third kappa shape index (κ3) is 4.34. The smallest absolute Gasteiger partial charge is 0.442 e. The summed E-state index contributed by atoms with van der Waals surface area (Å²) in [6.07, 6.45) is -2.02. The largest absolute Gasteiger partial charge is 0.461 e. The molecule has 0 unspecified atom stereocenters. The van der Waals surface area contributed by atoms with E-state index in [1.54, 1.807) is 19.9 Å². The quantitative estimate of drug-likeness (QED) is 0.378. The molecule has 1 saturated carbocycles. The molecule has 1 aromatic rings. The van der Waals surface area contributed by atoms with Gasteiger partial charge in [0.1, 0.15) is 6.61 Å². The highest BCUT2D eigenvalue weighted by atomic mass is 19.4. The first-order chi connectivity index (χ1) is 12.0. The Hall–Kier alpha value is -2.11. The Morgan fingerprint density at radius 1 is 1.35 bits per heavy atom. The molecular weight excluding hydrogens is 348 g/mol. The molecule has 0 radical (unpaired) electrons. The zero-order chi connectivity index (χ0) is 19.7. The van der Waals surface area contributed by atoms with Gasteiger partial charge in [-0.3, -0.25) is 4.79 Å². The predicted octanol–water partition coefficient (Wildman–Crippen LogP) is 5.45. The minimum atomic E-state index is -5.03. The zero-order valence-electron chi connectivity index (χ0n) is 15.0. The summed E-state index contributed by atoms with van der Waals surface area (Å²) in [6, 6.07) is 5.72. The first kappa shape index (κ1) is 20.2. The molecule has 0 aromatic heterocycles. The highest BCUT2D eigenvalue weighted by Gasteiger charge is 2.62. The standard InChI is InChI=1S/C20H22F4O2/c1-5-6-13-7-8-14(12(2)9-13)11-26-18(25)17-15(19(17,3)4)10-16(21)20(22,23)24/h5,7-10,15,17H,1,6,11H2,2-4H3/b16-10-/t15-,17-/m1/s1. The minimum Gasteiger partial charge on any atom is -0.461 e. The molecule has 0 N–H and O–H groups in total. The first-order valence-electron chi connectivity index (χ1n) is 8.29. The second kappa shape index (κ2) is 7.25. The summed E-state index contributed by atoms with van der Waals surface area (Å²) in [5.41, 5.74) is 2.09. The van der Waals surface area contributed by atoms with Crippen molar-refractivity contribution in [2.75, 3.05) is 0 Å². The number of allylic oxidation sites excluding steroid dienone is 3. The van der Waals surface area contributed by atoms with E-state index in [1.165, 1.54) is 0 Å². The normalized spacial score (nSPS) is 22.0. The van der Waals surface area contributed by atoms with Gasteiger partial charge in [-0.1, -0.05) is 38.1 Å². The molecule has 2 nitrogen and oxygen atoms in total. The molecule has 0 saturated heterocycles. The molecule has 0 amide bonds. The summed E-state index contributed by atoms with van der Waals surface area (Å²) in [5, 5.41) is 0. The number of hydrogen-bond donors (Lipinski definition) is 0. The van der Waals surface area contributed by atoms with Crippen molar-refractivity contribution in [2.24, 2.45) is 17.3 Å². The Morgan fingerprint density at radius 2 is 2.00 bits per heavy atom. The number of aryl methyl sites for hydroxylation is 1. The van der Waals surface area contributed by atoms with Gasteiger partial charge in [0, 0.05) is 0 Å². The van der Waals surface area contributed by atoms with Gasteiger partial charge in [-0.2, -0.15) is 13.2 Å². The van der Waals surface area contributed by atoms with E-state index >= 15 is 0 Å². The van der Waals surface area contributed by atoms with Crippen LogP contribution in [-0.2, 0) is 22.6 Å². The van der Waals surface area contributed by atoms with Crippen LogP contribution in [0, 0.1) is 24.2 Å². The number of carbonyl (C=O) groups excluding carboxylic acids is 1. The SMILES string of the molecule is C=CCc1ccc(COC(=O)[C@H]2[C@@H](/C=C(\F)C(F)(F)F)C2(C)C)c(C)c1. The maximum absolute atomic E-state index is 13.2. The summed E-state index contributed by atoms with van der Waals surface area (Å²) in [7, 11) is 0. The number of esters is 1. The summed E-state index contributed by atoms with van der Waals surface area (Å²) in [5.74, 6) is -4.39. The Bertz CT molecular complexity index is 732. The van der Waals surface area contributed by atoms with E-state index in [0.29, 0.717) is 6.08 Å². The van der Waals surface area contributed by atoms with Gasteiger partial charge in [-0.05, 0) is 47.4 Å². The van der Waals surface area contributed by atoms with Gasteiger partial charge in [0.05, 0.1) is 5.92 Å². The summed E-state index contributed by atoms with van der Waals surface area (Å²) in [4.78, 5) is 12.2. The fourth-order valence-electron chi connectivity index (χ4n) is 3.14. The van der Waals surface area contributed by atoms with Gasteiger partial charge in [-0.15, -0.1) is 6.58 Å². The molecule has 2 atom stereocenters.